The zero-order valence-electron chi connectivity index (χ0n) is 5.38. The Morgan fingerprint density at radius 3 is 3.00 bits per heavy atom. The molecule has 10 heavy (non-hydrogen) atoms. The molecule has 1 aromatic rings. The minimum atomic E-state index is 0.589. The Morgan fingerprint density at radius 2 is 2.60 bits per heavy atom. The van der Waals surface area contributed by atoms with Crippen LogP contribution in [0.4, 0.5) is 0 Å². The van der Waals surface area contributed by atoms with Crippen molar-refractivity contribution in [2.24, 2.45) is 5.73 Å². The average molecular weight is 218 g/mol. The largest absolute Gasteiger partial charge is 0.326 e. The number of thiophene rings is 1. The van der Waals surface area contributed by atoms with Crippen molar-refractivity contribution in [2.45, 2.75) is 0 Å². The van der Waals surface area contributed by atoms with E-state index in [0.717, 1.165) is 5.57 Å². The lowest BCUT2D eigenvalue weighted by atomic mass is 10.2. The maximum atomic E-state index is 5.48. The lowest BCUT2D eigenvalue weighted by Crippen LogP contribution is -1.99. The second-order valence-electron chi connectivity index (χ2n) is 1.82. The third-order valence-corrected chi connectivity index (χ3v) is 2.69. The fraction of sp³-hybridized carbons (Fsp3) is 0.143. The van der Waals surface area contributed by atoms with Gasteiger partial charge in [0.1, 0.15) is 0 Å². The minimum absolute atomic E-state index is 0.589. The highest BCUT2D eigenvalue weighted by atomic mass is 79.9. The van der Waals surface area contributed by atoms with Crippen molar-refractivity contribution in [3.05, 3.63) is 27.4 Å². The summed E-state index contributed by atoms with van der Waals surface area (Å²) < 4.78 is 0. The lowest BCUT2D eigenvalue weighted by Gasteiger charge is -1.96. The van der Waals surface area contributed by atoms with Gasteiger partial charge in [-0.2, -0.15) is 0 Å². The van der Waals surface area contributed by atoms with Crippen LogP contribution < -0.4 is 5.73 Å². The van der Waals surface area contributed by atoms with Gasteiger partial charge in [0.15, 0.2) is 0 Å². The standard InChI is InChI=1S/C7H8BrNS/c8-4-6(5-9)7-2-1-3-10-7/h1-4H,5,9H2/b6-4-. The zero-order valence-corrected chi connectivity index (χ0v) is 7.78. The molecule has 2 N–H and O–H groups in total. The highest BCUT2D eigenvalue weighted by Crippen LogP contribution is 2.19. The van der Waals surface area contributed by atoms with Crippen LogP contribution in [0.5, 0.6) is 0 Å². The van der Waals surface area contributed by atoms with Gasteiger partial charge in [0.2, 0.25) is 0 Å². The van der Waals surface area contributed by atoms with Crippen molar-refractivity contribution in [1.82, 2.24) is 0 Å². The van der Waals surface area contributed by atoms with Gasteiger partial charge in [0.05, 0.1) is 0 Å². The molecule has 1 heterocycles. The van der Waals surface area contributed by atoms with Crippen LogP contribution in [0.2, 0.25) is 0 Å². The third kappa shape index (κ3) is 1.68. The van der Waals surface area contributed by atoms with Crippen LogP contribution in [-0.2, 0) is 0 Å². The third-order valence-electron chi connectivity index (χ3n) is 1.19. The Labute approximate surface area is 72.7 Å². The summed E-state index contributed by atoms with van der Waals surface area (Å²) in [5.74, 6) is 0. The smallest absolute Gasteiger partial charge is 0.0320 e. The quantitative estimate of drug-likeness (QED) is 0.810. The lowest BCUT2D eigenvalue weighted by molar-refractivity contribution is 1.28. The molecule has 0 unspecified atom stereocenters. The number of rotatable bonds is 2. The van der Waals surface area contributed by atoms with Crippen molar-refractivity contribution < 1.29 is 0 Å². The van der Waals surface area contributed by atoms with E-state index < -0.39 is 0 Å². The molecule has 0 saturated heterocycles. The molecule has 0 aliphatic heterocycles. The summed E-state index contributed by atoms with van der Waals surface area (Å²) in [7, 11) is 0. The van der Waals surface area contributed by atoms with Crippen molar-refractivity contribution in [2.75, 3.05) is 6.54 Å². The zero-order chi connectivity index (χ0) is 7.40. The van der Waals surface area contributed by atoms with Gasteiger partial charge in [-0.1, -0.05) is 22.0 Å². The van der Waals surface area contributed by atoms with Gasteiger partial charge in [0.25, 0.3) is 0 Å². The Morgan fingerprint density at radius 1 is 1.80 bits per heavy atom. The van der Waals surface area contributed by atoms with Crippen LogP contribution in [0.1, 0.15) is 4.88 Å². The first-order chi connectivity index (χ1) is 4.88. The van der Waals surface area contributed by atoms with Gasteiger partial charge < -0.3 is 5.73 Å². The summed E-state index contributed by atoms with van der Waals surface area (Å²) in [5.41, 5.74) is 6.63. The molecule has 0 aliphatic rings. The van der Waals surface area contributed by atoms with E-state index in [1.165, 1.54) is 4.88 Å². The number of nitrogens with two attached hydrogens (primary N) is 1. The van der Waals surface area contributed by atoms with E-state index >= 15 is 0 Å². The Hall–Kier alpha value is -0.120. The van der Waals surface area contributed by atoms with Crippen molar-refractivity contribution >= 4 is 32.8 Å². The molecule has 0 bridgehead atoms. The maximum Gasteiger partial charge on any atom is 0.0320 e. The predicted octanol–water partition coefficient (Wildman–Crippen LogP) is 2.44. The number of hydrogen-bond donors (Lipinski definition) is 1. The van der Waals surface area contributed by atoms with Crippen LogP contribution in [0.15, 0.2) is 22.5 Å². The van der Waals surface area contributed by atoms with E-state index in [0.29, 0.717) is 6.54 Å². The molecule has 0 spiro atoms. The minimum Gasteiger partial charge on any atom is -0.326 e. The molecular weight excluding hydrogens is 210 g/mol. The normalized spacial score (nSPS) is 12.0. The highest BCUT2D eigenvalue weighted by Gasteiger charge is 1.97. The molecule has 0 aliphatic carbocycles. The second kappa shape index (κ2) is 3.91. The SMILES string of the molecule is NC/C(=C/Br)c1cccs1. The molecule has 0 saturated carbocycles. The average Bonchev–Trinajstić information content (AvgIpc) is 2.43. The van der Waals surface area contributed by atoms with Crippen LogP contribution in [0.3, 0.4) is 0 Å². The summed E-state index contributed by atoms with van der Waals surface area (Å²) in [6.45, 7) is 0.589. The highest BCUT2D eigenvalue weighted by molar-refractivity contribution is 9.11. The van der Waals surface area contributed by atoms with E-state index in [1.54, 1.807) is 11.3 Å². The Bertz CT molecular complexity index is 216. The van der Waals surface area contributed by atoms with Crippen molar-refractivity contribution in [3.63, 3.8) is 0 Å². The molecule has 1 rings (SSSR count). The molecule has 1 nitrogen and oxygen atoms in total. The number of hydrogen-bond acceptors (Lipinski definition) is 2. The summed E-state index contributed by atoms with van der Waals surface area (Å²) >= 11 is 4.96. The molecule has 0 aromatic carbocycles. The molecule has 54 valence electrons. The van der Waals surface area contributed by atoms with Gasteiger partial charge in [0, 0.05) is 11.4 Å². The van der Waals surface area contributed by atoms with Gasteiger partial charge in [-0.15, -0.1) is 11.3 Å². The van der Waals surface area contributed by atoms with E-state index in [2.05, 4.69) is 22.0 Å². The first kappa shape index (κ1) is 7.98. The molecule has 3 heteroatoms. The van der Waals surface area contributed by atoms with E-state index in [-0.39, 0.29) is 0 Å². The fourth-order valence-electron chi connectivity index (χ4n) is 0.660. The molecule has 0 amide bonds. The van der Waals surface area contributed by atoms with E-state index in [9.17, 15) is 0 Å². The van der Waals surface area contributed by atoms with Crippen LogP contribution in [0, 0.1) is 0 Å². The van der Waals surface area contributed by atoms with Gasteiger partial charge >= 0.3 is 0 Å². The molecule has 1 aromatic heterocycles. The molecule has 0 atom stereocenters. The van der Waals surface area contributed by atoms with E-state index in [1.807, 2.05) is 16.4 Å². The van der Waals surface area contributed by atoms with Crippen molar-refractivity contribution in [3.8, 4) is 0 Å². The topological polar surface area (TPSA) is 26.0 Å². The van der Waals surface area contributed by atoms with Crippen LogP contribution >= 0.6 is 27.3 Å². The molecule has 0 fully saturated rings. The first-order valence-corrected chi connectivity index (χ1v) is 4.71. The second-order valence-corrected chi connectivity index (χ2v) is 3.22. The Balaban J connectivity index is 2.85. The monoisotopic (exact) mass is 217 g/mol. The summed E-state index contributed by atoms with van der Waals surface area (Å²) in [6, 6.07) is 4.08. The van der Waals surface area contributed by atoms with Crippen LogP contribution in [-0.4, -0.2) is 6.54 Å². The fourth-order valence-corrected chi connectivity index (χ4v) is 2.00. The summed E-state index contributed by atoms with van der Waals surface area (Å²) in [5, 5.41) is 2.04. The van der Waals surface area contributed by atoms with Crippen LogP contribution in [0.25, 0.3) is 5.57 Å². The summed E-state index contributed by atoms with van der Waals surface area (Å²) in [6.07, 6.45) is 0. The Kier molecular flexibility index (Phi) is 3.12. The van der Waals surface area contributed by atoms with Gasteiger partial charge in [-0.05, 0) is 22.0 Å². The number of halogens is 1. The van der Waals surface area contributed by atoms with Gasteiger partial charge in [-0.25, -0.2) is 0 Å². The predicted molar refractivity (Wildman–Crippen MR) is 50.3 cm³/mol. The maximum absolute atomic E-state index is 5.48. The van der Waals surface area contributed by atoms with Gasteiger partial charge in [-0.3, -0.25) is 0 Å². The van der Waals surface area contributed by atoms with E-state index in [4.69, 9.17) is 5.73 Å². The van der Waals surface area contributed by atoms with Crippen molar-refractivity contribution in [1.29, 1.82) is 0 Å². The first-order valence-electron chi connectivity index (χ1n) is 2.91. The molecule has 0 radical (unpaired) electrons. The molecular formula is C7H8BrNS. The summed E-state index contributed by atoms with van der Waals surface area (Å²) in [4.78, 5) is 3.11.